The van der Waals surface area contributed by atoms with Gasteiger partial charge in [-0.05, 0) is 60.7 Å². The summed E-state index contributed by atoms with van der Waals surface area (Å²) in [6, 6.07) is 11.4. The van der Waals surface area contributed by atoms with E-state index in [9.17, 15) is 9.90 Å². The Morgan fingerprint density at radius 1 is 1.18 bits per heavy atom. The molecule has 3 rings (SSSR count). The molecule has 1 aromatic heterocycles. The van der Waals surface area contributed by atoms with E-state index in [0.29, 0.717) is 12.1 Å². The first-order chi connectivity index (χ1) is 10.7. The van der Waals surface area contributed by atoms with Crippen LogP contribution in [-0.4, -0.2) is 39.2 Å². The van der Waals surface area contributed by atoms with Crippen molar-refractivity contribution in [3.05, 3.63) is 54.4 Å². The van der Waals surface area contributed by atoms with Crippen molar-refractivity contribution in [2.45, 2.75) is 18.4 Å². The number of hydrogen-bond donors (Lipinski definition) is 2. The van der Waals surface area contributed by atoms with Gasteiger partial charge < -0.3 is 15.0 Å². The van der Waals surface area contributed by atoms with Gasteiger partial charge in [0, 0.05) is 30.2 Å². The lowest BCUT2D eigenvalue weighted by molar-refractivity contribution is 0.0311. The summed E-state index contributed by atoms with van der Waals surface area (Å²) < 4.78 is 1.99. The fourth-order valence-electron chi connectivity index (χ4n) is 2.57. The molecular formula is C17H20N2O2S. The van der Waals surface area contributed by atoms with Crippen LogP contribution in [0.4, 0.5) is 0 Å². The number of amides is 1. The summed E-state index contributed by atoms with van der Waals surface area (Å²) in [6.45, 7) is 0.325. The minimum atomic E-state index is -0.744. The van der Waals surface area contributed by atoms with Gasteiger partial charge in [-0.2, -0.15) is 11.8 Å². The molecule has 2 N–H and O–H groups in total. The molecule has 22 heavy (non-hydrogen) atoms. The molecule has 0 aliphatic carbocycles. The van der Waals surface area contributed by atoms with Crippen LogP contribution in [0.3, 0.4) is 0 Å². The second-order valence-corrected chi connectivity index (χ2v) is 6.88. The molecule has 4 nitrogen and oxygen atoms in total. The number of nitrogens with one attached hydrogen (secondary N) is 1. The molecule has 0 bridgehead atoms. The number of benzene rings is 1. The average Bonchev–Trinajstić information content (AvgIpc) is 3.08. The summed E-state index contributed by atoms with van der Waals surface area (Å²) >= 11 is 1.85. The monoisotopic (exact) mass is 316 g/mol. The maximum atomic E-state index is 12.2. The molecule has 1 saturated heterocycles. The molecule has 2 aromatic rings. The zero-order valence-electron chi connectivity index (χ0n) is 12.4. The molecule has 116 valence electrons. The van der Waals surface area contributed by atoms with E-state index < -0.39 is 5.60 Å². The highest BCUT2D eigenvalue weighted by atomic mass is 32.2. The number of thioether (sulfide) groups is 1. The molecule has 1 fully saturated rings. The van der Waals surface area contributed by atoms with Gasteiger partial charge in [0.25, 0.3) is 5.91 Å². The SMILES string of the molecule is O=C(NCC1(O)CCSCC1)c1ccc(-n2cccc2)cc1. The molecule has 0 saturated carbocycles. The van der Waals surface area contributed by atoms with Crippen molar-refractivity contribution in [2.75, 3.05) is 18.1 Å². The van der Waals surface area contributed by atoms with Crippen molar-refractivity contribution in [1.82, 2.24) is 9.88 Å². The molecule has 0 spiro atoms. The number of aromatic nitrogens is 1. The Hall–Kier alpha value is -1.72. The summed E-state index contributed by atoms with van der Waals surface area (Å²) in [5, 5.41) is 13.3. The van der Waals surface area contributed by atoms with Crippen LogP contribution in [0, 0.1) is 0 Å². The van der Waals surface area contributed by atoms with E-state index in [1.807, 2.05) is 65.1 Å². The average molecular weight is 316 g/mol. The van der Waals surface area contributed by atoms with Gasteiger partial charge in [-0.1, -0.05) is 0 Å². The maximum absolute atomic E-state index is 12.2. The zero-order chi connectivity index (χ0) is 15.4. The summed E-state index contributed by atoms with van der Waals surface area (Å²) in [7, 11) is 0. The molecule has 0 radical (unpaired) electrons. The van der Waals surface area contributed by atoms with Gasteiger partial charge in [-0.15, -0.1) is 0 Å². The van der Waals surface area contributed by atoms with Crippen LogP contribution >= 0.6 is 11.8 Å². The van der Waals surface area contributed by atoms with E-state index in [1.165, 1.54) is 0 Å². The fraction of sp³-hybridized carbons (Fsp3) is 0.353. The normalized spacial score (nSPS) is 17.1. The smallest absolute Gasteiger partial charge is 0.251 e. The van der Waals surface area contributed by atoms with Crippen molar-refractivity contribution < 1.29 is 9.90 Å². The Bertz CT molecular complexity index is 617. The third kappa shape index (κ3) is 3.54. The standard InChI is InChI=1S/C17H20N2O2S/c20-16(18-13-17(21)7-11-22-12-8-17)14-3-5-15(6-4-14)19-9-1-2-10-19/h1-6,9-10,21H,7-8,11-13H2,(H,18,20). The highest BCUT2D eigenvalue weighted by Crippen LogP contribution is 2.26. The van der Waals surface area contributed by atoms with Crippen LogP contribution in [0.1, 0.15) is 23.2 Å². The second-order valence-electron chi connectivity index (χ2n) is 5.66. The Labute approximate surface area is 134 Å². The highest BCUT2D eigenvalue weighted by Gasteiger charge is 2.29. The minimum Gasteiger partial charge on any atom is -0.388 e. The Morgan fingerprint density at radius 3 is 2.45 bits per heavy atom. The third-order valence-electron chi connectivity index (χ3n) is 4.03. The molecule has 0 unspecified atom stereocenters. The van der Waals surface area contributed by atoms with Gasteiger partial charge >= 0.3 is 0 Å². The zero-order valence-corrected chi connectivity index (χ0v) is 13.2. The van der Waals surface area contributed by atoms with Gasteiger partial charge in [0.2, 0.25) is 0 Å². The van der Waals surface area contributed by atoms with E-state index in [0.717, 1.165) is 30.0 Å². The molecule has 1 aliphatic rings. The summed E-state index contributed by atoms with van der Waals surface area (Å²) in [5.74, 6) is 1.78. The number of nitrogens with zero attached hydrogens (tertiary/aromatic N) is 1. The first-order valence-electron chi connectivity index (χ1n) is 7.48. The van der Waals surface area contributed by atoms with Gasteiger partial charge in [0.05, 0.1) is 5.60 Å². The molecule has 1 aromatic carbocycles. The second kappa shape index (κ2) is 6.58. The summed E-state index contributed by atoms with van der Waals surface area (Å²) in [6.07, 6.45) is 5.41. The van der Waals surface area contributed by atoms with Crippen LogP contribution < -0.4 is 5.32 Å². The van der Waals surface area contributed by atoms with Gasteiger partial charge in [0.1, 0.15) is 0 Å². The van der Waals surface area contributed by atoms with Gasteiger partial charge in [-0.3, -0.25) is 4.79 Å². The number of rotatable bonds is 4. The van der Waals surface area contributed by atoms with Crippen LogP contribution in [0.5, 0.6) is 0 Å². The number of carbonyl (C=O) groups is 1. The lowest BCUT2D eigenvalue weighted by Crippen LogP contribution is -2.45. The van der Waals surface area contributed by atoms with E-state index in [4.69, 9.17) is 0 Å². The lowest BCUT2D eigenvalue weighted by Gasteiger charge is -2.31. The van der Waals surface area contributed by atoms with Crippen LogP contribution in [-0.2, 0) is 0 Å². The van der Waals surface area contributed by atoms with Crippen molar-refractivity contribution in [1.29, 1.82) is 0 Å². The Balaban J connectivity index is 1.60. The fourth-order valence-corrected chi connectivity index (χ4v) is 3.82. The Morgan fingerprint density at radius 2 is 1.82 bits per heavy atom. The van der Waals surface area contributed by atoms with E-state index in [1.54, 1.807) is 0 Å². The molecule has 5 heteroatoms. The van der Waals surface area contributed by atoms with Crippen molar-refractivity contribution in [3.63, 3.8) is 0 Å². The van der Waals surface area contributed by atoms with Gasteiger partial charge in [-0.25, -0.2) is 0 Å². The van der Waals surface area contributed by atoms with Crippen LogP contribution in [0.25, 0.3) is 5.69 Å². The summed E-state index contributed by atoms with van der Waals surface area (Å²) in [4.78, 5) is 12.2. The molecule has 1 aliphatic heterocycles. The van der Waals surface area contributed by atoms with Crippen molar-refractivity contribution in [3.8, 4) is 5.69 Å². The molecule has 2 heterocycles. The Kier molecular flexibility index (Phi) is 4.55. The van der Waals surface area contributed by atoms with E-state index >= 15 is 0 Å². The lowest BCUT2D eigenvalue weighted by atomic mass is 9.97. The number of aliphatic hydroxyl groups is 1. The number of hydrogen-bond acceptors (Lipinski definition) is 3. The highest BCUT2D eigenvalue weighted by molar-refractivity contribution is 7.99. The number of carbonyl (C=O) groups excluding carboxylic acids is 1. The van der Waals surface area contributed by atoms with Crippen LogP contribution in [0.15, 0.2) is 48.8 Å². The molecular weight excluding hydrogens is 296 g/mol. The predicted octanol–water partition coefficient (Wildman–Crippen LogP) is 2.47. The minimum absolute atomic E-state index is 0.134. The van der Waals surface area contributed by atoms with E-state index in [-0.39, 0.29) is 5.91 Å². The van der Waals surface area contributed by atoms with Crippen molar-refractivity contribution in [2.24, 2.45) is 0 Å². The first kappa shape index (κ1) is 15.2. The molecule has 0 atom stereocenters. The van der Waals surface area contributed by atoms with E-state index in [2.05, 4.69) is 5.32 Å². The molecule has 1 amide bonds. The van der Waals surface area contributed by atoms with Gasteiger partial charge in [0.15, 0.2) is 0 Å². The maximum Gasteiger partial charge on any atom is 0.251 e. The first-order valence-corrected chi connectivity index (χ1v) is 8.64. The third-order valence-corrected chi connectivity index (χ3v) is 5.02. The van der Waals surface area contributed by atoms with Crippen molar-refractivity contribution >= 4 is 17.7 Å². The largest absolute Gasteiger partial charge is 0.388 e. The predicted molar refractivity (Wildman–Crippen MR) is 89.6 cm³/mol. The summed E-state index contributed by atoms with van der Waals surface area (Å²) in [5.41, 5.74) is 0.889. The topological polar surface area (TPSA) is 54.3 Å². The van der Waals surface area contributed by atoms with Crippen LogP contribution in [0.2, 0.25) is 0 Å². The quantitative estimate of drug-likeness (QED) is 0.911.